The van der Waals surface area contributed by atoms with Crippen molar-refractivity contribution >= 4 is 11.6 Å². The van der Waals surface area contributed by atoms with E-state index in [9.17, 15) is 4.79 Å². The van der Waals surface area contributed by atoms with Crippen LogP contribution in [0.15, 0.2) is 18.2 Å². The molecule has 21 heavy (non-hydrogen) atoms. The number of hydrogen-bond donors (Lipinski definition) is 2. The van der Waals surface area contributed by atoms with E-state index >= 15 is 0 Å². The van der Waals surface area contributed by atoms with Crippen molar-refractivity contribution in [3.05, 3.63) is 34.9 Å². The highest BCUT2D eigenvalue weighted by Gasteiger charge is 2.30. The van der Waals surface area contributed by atoms with Crippen molar-refractivity contribution in [3.8, 4) is 0 Å². The first-order valence-corrected chi connectivity index (χ1v) is 8.15. The molecule has 0 spiro atoms. The zero-order valence-corrected chi connectivity index (χ0v) is 13.0. The number of rotatable bonds is 8. The van der Waals surface area contributed by atoms with Crippen molar-refractivity contribution in [3.63, 3.8) is 0 Å². The number of hydrogen-bond acceptors (Lipinski definition) is 2. The summed E-state index contributed by atoms with van der Waals surface area (Å²) in [5.74, 6) is 0.431. The molecule has 1 unspecified atom stereocenters. The summed E-state index contributed by atoms with van der Waals surface area (Å²) in [7, 11) is 0. The van der Waals surface area contributed by atoms with E-state index in [2.05, 4.69) is 6.92 Å². The first-order valence-electron chi connectivity index (χ1n) is 8.15. The lowest BCUT2D eigenvalue weighted by Crippen LogP contribution is -2.12. The second-order valence-corrected chi connectivity index (χ2v) is 6.11. The Morgan fingerprint density at radius 3 is 2.67 bits per heavy atom. The fraction of sp³-hybridized carbons (Fsp3) is 0.556. The highest BCUT2D eigenvalue weighted by molar-refractivity contribution is 6.05. The molecular weight excluding hydrogens is 260 g/mol. The number of carbonyl (C=O) groups is 1. The van der Waals surface area contributed by atoms with Crippen molar-refractivity contribution in [2.75, 3.05) is 0 Å². The Morgan fingerprint density at radius 2 is 1.95 bits per heavy atom. The Balaban J connectivity index is 1.85. The van der Waals surface area contributed by atoms with Crippen molar-refractivity contribution in [1.29, 1.82) is 5.41 Å². The van der Waals surface area contributed by atoms with Gasteiger partial charge < -0.3 is 5.73 Å². The lowest BCUT2D eigenvalue weighted by atomic mass is 9.96. The number of nitrogen functional groups attached to an aromatic ring is 1. The van der Waals surface area contributed by atoms with E-state index in [4.69, 9.17) is 11.1 Å². The van der Waals surface area contributed by atoms with Gasteiger partial charge in [0, 0.05) is 17.0 Å². The van der Waals surface area contributed by atoms with Crippen LogP contribution in [0.5, 0.6) is 0 Å². The predicted octanol–water partition coefficient (Wildman–Crippen LogP) is 4.08. The third-order valence-electron chi connectivity index (χ3n) is 4.43. The van der Waals surface area contributed by atoms with Crippen LogP contribution in [0, 0.1) is 11.3 Å². The number of fused-ring (bicyclic) bond motifs is 1. The Bertz CT molecular complexity index is 522. The van der Waals surface area contributed by atoms with Gasteiger partial charge in [0.05, 0.1) is 0 Å². The summed E-state index contributed by atoms with van der Waals surface area (Å²) in [5, 5.41) is 7.47. The minimum atomic E-state index is 0.0324. The molecule has 0 saturated heterocycles. The van der Waals surface area contributed by atoms with E-state index in [-0.39, 0.29) is 17.5 Å². The van der Waals surface area contributed by atoms with Crippen LogP contribution in [0.1, 0.15) is 73.4 Å². The Kier molecular flexibility index (Phi) is 5.54. The topological polar surface area (TPSA) is 66.9 Å². The molecule has 0 bridgehead atoms. The second kappa shape index (κ2) is 7.39. The molecule has 114 valence electrons. The lowest BCUT2D eigenvalue weighted by Gasteiger charge is -2.07. The largest absolute Gasteiger partial charge is 0.384 e. The smallest absolute Gasteiger partial charge is 0.166 e. The van der Waals surface area contributed by atoms with Crippen LogP contribution in [-0.2, 0) is 6.42 Å². The van der Waals surface area contributed by atoms with E-state index in [1.54, 1.807) is 6.07 Å². The van der Waals surface area contributed by atoms with Gasteiger partial charge in [-0.1, -0.05) is 57.6 Å². The molecule has 3 heteroatoms. The van der Waals surface area contributed by atoms with Gasteiger partial charge in [-0.3, -0.25) is 10.2 Å². The number of nitrogens with two attached hydrogens (primary N) is 1. The summed E-state index contributed by atoms with van der Waals surface area (Å²) in [6, 6.07) is 5.61. The van der Waals surface area contributed by atoms with Crippen molar-refractivity contribution in [1.82, 2.24) is 0 Å². The minimum absolute atomic E-state index is 0.0324. The number of Topliss-reactive ketones (excluding diaryl/α,β-unsaturated/α-hetero) is 1. The van der Waals surface area contributed by atoms with Gasteiger partial charge in [-0.2, -0.15) is 0 Å². The highest BCUT2D eigenvalue weighted by atomic mass is 16.1. The molecule has 0 fully saturated rings. The van der Waals surface area contributed by atoms with Gasteiger partial charge in [0.2, 0.25) is 0 Å². The molecule has 2 rings (SSSR count). The fourth-order valence-electron chi connectivity index (χ4n) is 3.13. The zero-order valence-electron chi connectivity index (χ0n) is 13.0. The second-order valence-electron chi connectivity index (χ2n) is 6.11. The summed E-state index contributed by atoms with van der Waals surface area (Å²) in [5.41, 5.74) is 8.07. The third kappa shape index (κ3) is 3.93. The van der Waals surface area contributed by atoms with Crippen molar-refractivity contribution < 1.29 is 4.79 Å². The fourth-order valence-corrected chi connectivity index (χ4v) is 3.13. The van der Waals surface area contributed by atoms with E-state index in [1.165, 1.54) is 32.1 Å². The molecule has 1 aliphatic carbocycles. The molecule has 0 radical (unpaired) electrons. The van der Waals surface area contributed by atoms with Gasteiger partial charge >= 0.3 is 0 Å². The lowest BCUT2D eigenvalue weighted by molar-refractivity contribution is 0.0929. The molecule has 3 nitrogen and oxygen atoms in total. The van der Waals surface area contributed by atoms with E-state index in [0.29, 0.717) is 5.56 Å². The third-order valence-corrected chi connectivity index (χ3v) is 4.43. The van der Waals surface area contributed by atoms with Crippen LogP contribution in [0.3, 0.4) is 0 Å². The van der Waals surface area contributed by atoms with Gasteiger partial charge in [-0.05, 0) is 24.5 Å². The average Bonchev–Trinajstić information content (AvgIpc) is 2.79. The number of benzene rings is 1. The van der Waals surface area contributed by atoms with Crippen molar-refractivity contribution in [2.45, 2.75) is 58.3 Å². The molecule has 0 aliphatic heterocycles. The molecule has 1 aromatic rings. The molecule has 0 saturated carbocycles. The molecule has 1 aromatic carbocycles. The van der Waals surface area contributed by atoms with E-state index < -0.39 is 0 Å². The zero-order chi connectivity index (χ0) is 15.2. The maximum Gasteiger partial charge on any atom is 0.166 e. The molecular formula is C18H26N2O. The van der Waals surface area contributed by atoms with Gasteiger partial charge in [0.15, 0.2) is 5.78 Å². The van der Waals surface area contributed by atoms with Crippen LogP contribution in [0.2, 0.25) is 0 Å². The maximum atomic E-state index is 12.4. The van der Waals surface area contributed by atoms with E-state index in [0.717, 1.165) is 30.4 Å². The quantitative estimate of drug-likeness (QED) is 0.429. The van der Waals surface area contributed by atoms with Crippen LogP contribution >= 0.6 is 0 Å². The van der Waals surface area contributed by atoms with Gasteiger partial charge in [0.25, 0.3) is 0 Å². The number of carbonyl (C=O) groups excluding carboxylic acids is 1. The van der Waals surface area contributed by atoms with Crippen LogP contribution < -0.4 is 5.73 Å². The van der Waals surface area contributed by atoms with Gasteiger partial charge in [-0.15, -0.1) is 0 Å². The Morgan fingerprint density at radius 1 is 1.24 bits per heavy atom. The SMILES string of the molecule is CCCCCCCCC1Cc2ccc(C(=N)N)cc2C1=O. The summed E-state index contributed by atoms with van der Waals surface area (Å²) in [6.45, 7) is 2.23. The highest BCUT2D eigenvalue weighted by Crippen LogP contribution is 2.31. The Hall–Kier alpha value is -1.64. The molecule has 1 aliphatic rings. The van der Waals surface area contributed by atoms with E-state index in [1.807, 2.05) is 12.1 Å². The van der Waals surface area contributed by atoms with Crippen molar-refractivity contribution in [2.24, 2.45) is 11.7 Å². The predicted molar refractivity (Wildman–Crippen MR) is 87.0 cm³/mol. The molecule has 1 atom stereocenters. The van der Waals surface area contributed by atoms with Gasteiger partial charge in [0.1, 0.15) is 5.84 Å². The number of nitrogens with one attached hydrogen (secondary N) is 1. The first-order chi connectivity index (χ1) is 10.1. The number of amidine groups is 1. The monoisotopic (exact) mass is 286 g/mol. The summed E-state index contributed by atoms with van der Waals surface area (Å²) < 4.78 is 0. The van der Waals surface area contributed by atoms with Crippen LogP contribution in [-0.4, -0.2) is 11.6 Å². The maximum absolute atomic E-state index is 12.4. The summed E-state index contributed by atoms with van der Waals surface area (Å²) >= 11 is 0. The molecule has 0 amide bonds. The molecule has 0 heterocycles. The number of ketones is 1. The minimum Gasteiger partial charge on any atom is -0.384 e. The standard InChI is InChI=1S/C18H26N2O/c1-2-3-4-5-6-7-8-14-11-13-9-10-15(18(19)20)12-16(13)17(14)21/h9-10,12,14H,2-8,11H2,1H3,(H3,19,20). The Labute approximate surface area is 127 Å². The summed E-state index contributed by atoms with van der Waals surface area (Å²) in [6.07, 6.45) is 9.44. The molecule has 0 aromatic heterocycles. The normalized spacial score (nSPS) is 17.0. The van der Waals surface area contributed by atoms with Crippen LogP contribution in [0.4, 0.5) is 0 Å². The number of unbranched alkanes of at least 4 members (excludes halogenated alkanes) is 5. The van der Waals surface area contributed by atoms with Gasteiger partial charge in [-0.25, -0.2) is 0 Å². The first kappa shape index (κ1) is 15.7. The molecule has 3 N–H and O–H groups in total. The average molecular weight is 286 g/mol. The van der Waals surface area contributed by atoms with Crippen LogP contribution in [0.25, 0.3) is 0 Å². The summed E-state index contributed by atoms with van der Waals surface area (Å²) in [4.78, 5) is 12.4.